The standard InChI is InChI=1S/C15H18BrN5O2/c1-20-4-6-21(7-5-20)9-13(22)18-19-14-11-8-10(16)2-3-12(11)17-15(14)23/h2-3,8,17,23H,4-7,9H2,1H3. The van der Waals surface area contributed by atoms with Crippen molar-refractivity contribution in [3.05, 3.63) is 22.7 Å². The highest BCUT2D eigenvalue weighted by Gasteiger charge is 2.17. The van der Waals surface area contributed by atoms with Gasteiger partial charge in [0, 0.05) is 36.0 Å². The van der Waals surface area contributed by atoms with E-state index < -0.39 is 0 Å². The van der Waals surface area contributed by atoms with Gasteiger partial charge in [0.25, 0.3) is 5.91 Å². The number of likely N-dealkylation sites (N-methyl/N-ethyl adjacent to an activating group) is 1. The fraction of sp³-hybridized carbons (Fsp3) is 0.400. The lowest BCUT2D eigenvalue weighted by Crippen LogP contribution is -2.46. The van der Waals surface area contributed by atoms with E-state index in [1.54, 1.807) is 0 Å². The summed E-state index contributed by atoms with van der Waals surface area (Å²) in [5.41, 5.74) is 1.03. The van der Waals surface area contributed by atoms with Crippen LogP contribution < -0.4 is 0 Å². The zero-order chi connectivity index (χ0) is 16.4. The Balaban J connectivity index is 1.71. The molecule has 2 N–H and O–H groups in total. The second kappa shape index (κ2) is 6.77. The number of aromatic hydroxyl groups is 1. The maximum atomic E-state index is 12.0. The Morgan fingerprint density at radius 2 is 2.09 bits per heavy atom. The number of halogens is 1. The first-order valence-electron chi connectivity index (χ1n) is 7.38. The number of nitrogens with one attached hydrogen (secondary N) is 1. The number of aromatic amines is 1. The van der Waals surface area contributed by atoms with E-state index in [1.807, 2.05) is 18.2 Å². The summed E-state index contributed by atoms with van der Waals surface area (Å²) in [4.78, 5) is 19.1. The largest absolute Gasteiger partial charge is 0.493 e. The van der Waals surface area contributed by atoms with Crippen LogP contribution in [0.5, 0.6) is 5.88 Å². The minimum Gasteiger partial charge on any atom is -0.493 e. The summed E-state index contributed by atoms with van der Waals surface area (Å²) in [7, 11) is 2.07. The molecule has 1 aromatic carbocycles. The van der Waals surface area contributed by atoms with Crippen molar-refractivity contribution in [2.24, 2.45) is 10.2 Å². The lowest BCUT2D eigenvalue weighted by Gasteiger charge is -2.31. The van der Waals surface area contributed by atoms with Gasteiger partial charge in [-0.25, -0.2) is 0 Å². The summed E-state index contributed by atoms with van der Waals surface area (Å²) in [6.07, 6.45) is 0. The maximum absolute atomic E-state index is 12.0. The molecule has 1 fully saturated rings. The zero-order valence-corrected chi connectivity index (χ0v) is 14.4. The summed E-state index contributed by atoms with van der Waals surface area (Å²) < 4.78 is 0.865. The van der Waals surface area contributed by atoms with Crippen molar-refractivity contribution in [3.63, 3.8) is 0 Å². The Morgan fingerprint density at radius 1 is 1.35 bits per heavy atom. The molecule has 0 unspecified atom stereocenters. The molecule has 1 amide bonds. The average molecular weight is 380 g/mol. The van der Waals surface area contributed by atoms with Crippen molar-refractivity contribution in [2.45, 2.75) is 0 Å². The molecule has 0 spiro atoms. The quantitative estimate of drug-likeness (QED) is 0.802. The number of aromatic nitrogens is 1. The molecule has 0 radical (unpaired) electrons. The van der Waals surface area contributed by atoms with Crippen molar-refractivity contribution in [1.29, 1.82) is 0 Å². The summed E-state index contributed by atoms with van der Waals surface area (Å²) >= 11 is 3.38. The van der Waals surface area contributed by atoms with Crippen LogP contribution in [-0.4, -0.2) is 65.6 Å². The van der Waals surface area contributed by atoms with Gasteiger partial charge >= 0.3 is 0 Å². The number of hydrogen-bond donors (Lipinski definition) is 2. The van der Waals surface area contributed by atoms with Gasteiger partial charge in [0.15, 0.2) is 5.69 Å². The third-order valence-electron chi connectivity index (χ3n) is 3.93. The summed E-state index contributed by atoms with van der Waals surface area (Å²) in [6.45, 7) is 3.85. The molecule has 3 rings (SSSR count). The third-order valence-corrected chi connectivity index (χ3v) is 4.42. The number of piperazine rings is 1. The van der Waals surface area contributed by atoms with Crippen molar-refractivity contribution in [1.82, 2.24) is 14.8 Å². The summed E-state index contributed by atoms with van der Waals surface area (Å²) in [5, 5.41) is 18.4. The first-order chi connectivity index (χ1) is 11.0. The highest BCUT2D eigenvalue weighted by Crippen LogP contribution is 2.36. The second-order valence-corrected chi connectivity index (χ2v) is 6.60. The number of H-pyrrole nitrogens is 1. The number of hydrogen-bond acceptors (Lipinski definition) is 5. The van der Waals surface area contributed by atoms with Crippen molar-refractivity contribution >= 4 is 38.4 Å². The molecule has 8 heteroatoms. The SMILES string of the molecule is CN1CCN(CC(=O)N=Nc2c(O)[nH]c3ccc(Br)cc23)CC1. The molecule has 1 aromatic heterocycles. The van der Waals surface area contributed by atoms with Gasteiger partial charge in [-0.2, -0.15) is 0 Å². The summed E-state index contributed by atoms with van der Waals surface area (Å²) in [6, 6.07) is 5.51. The highest BCUT2D eigenvalue weighted by molar-refractivity contribution is 9.10. The van der Waals surface area contributed by atoms with E-state index in [-0.39, 0.29) is 24.0 Å². The number of carbonyl (C=O) groups is 1. The van der Waals surface area contributed by atoms with Crippen LogP contribution in [0.2, 0.25) is 0 Å². The van der Waals surface area contributed by atoms with Gasteiger partial charge in [-0.1, -0.05) is 15.9 Å². The van der Waals surface area contributed by atoms with Gasteiger partial charge < -0.3 is 15.0 Å². The molecule has 1 saturated heterocycles. The van der Waals surface area contributed by atoms with Crippen LogP contribution >= 0.6 is 15.9 Å². The van der Waals surface area contributed by atoms with E-state index in [2.05, 4.69) is 48.0 Å². The average Bonchev–Trinajstić information content (AvgIpc) is 2.82. The number of carbonyl (C=O) groups excluding carboxylic acids is 1. The minimum atomic E-state index is -0.307. The van der Waals surface area contributed by atoms with Gasteiger partial charge in [0.1, 0.15) is 0 Å². The zero-order valence-electron chi connectivity index (χ0n) is 12.8. The molecule has 0 saturated carbocycles. The summed E-state index contributed by atoms with van der Waals surface area (Å²) in [5.74, 6) is -0.396. The maximum Gasteiger partial charge on any atom is 0.278 e. The van der Waals surface area contributed by atoms with Gasteiger partial charge in [0.05, 0.1) is 12.1 Å². The van der Waals surface area contributed by atoms with Crippen LogP contribution in [0.4, 0.5) is 5.69 Å². The lowest BCUT2D eigenvalue weighted by atomic mass is 10.2. The Kier molecular flexibility index (Phi) is 4.74. The third kappa shape index (κ3) is 3.77. The smallest absolute Gasteiger partial charge is 0.278 e. The molecule has 7 nitrogen and oxygen atoms in total. The van der Waals surface area contributed by atoms with Crippen molar-refractivity contribution in [3.8, 4) is 5.88 Å². The van der Waals surface area contributed by atoms with Crippen LogP contribution in [0, 0.1) is 0 Å². The number of amides is 1. The number of fused-ring (bicyclic) bond motifs is 1. The number of benzene rings is 1. The number of azo groups is 1. The van der Waals surface area contributed by atoms with E-state index in [4.69, 9.17) is 0 Å². The Bertz CT molecular complexity index is 750. The molecular formula is C15H18BrN5O2. The number of rotatable bonds is 3. The molecule has 0 bridgehead atoms. The Labute approximate surface area is 142 Å². The highest BCUT2D eigenvalue weighted by atomic mass is 79.9. The molecule has 2 aromatic rings. The molecule has 1 aliphatic rings. The van der Waals surface area contributed by atoms with E-state index >= 15 is 0 Å². The minimum absolute atomic E-state index is 0.0887. The van der Waals surface area contributed by atoms with Crippen LogP contribution in [0.15, 0.2) is 32.9 Å². The predicted molar refractivity (Wildman–Crippen MR) is 91.1 cm³/mol. The first-order valence-corrected chi connectivity index (χ1v) is 8.18. The Hall–Kier alpha value is -1.77. The fourth-order valence-corrected chi connectivity index (χ4v) is 2.93. The van der Waals surface area contributed by atoms with Crippen molar-refractivity contribution in [2.75, 3.05) is 39.8 Å². The molecule has 2 heterocycles. The van der Waals surface area contributed by atoms with Crippen LogP contribution in [0.25, 0.3) is 10.9 Å². The van der Waals surface area contributed by atoms with Crippen LogP contribution in [0.3, 0.4) is 0 Å². The van der Waals surface area contributed by atoms with Gasteiger partial charge in [0.2, 0.25) is 5.88 Å². The molecule has 1 aliphatic heterocycles. The topological polar surface area (TPSA) is 84.3 Å². The van der Waals surface area contributed by atoms with E-state index in [0.29, 0.717) is 5.39 Å². The fourth-order valence-electron chi connectivity index (χ4n) is 2.57. The van der Waals surface area contributed by atoms with Gasteiger partial charge in [-0.15, -0.1) is 10.2 Å². The predicted octanol–water partition coefficient (Wildman–Crippen LogP) is 2.49. The second-order valence-electron chi connectivity index (χ2n) is 5.69. The monoisotopic (exact) mass is 379 g/mol. The van der Waals surface area contributed by atoms with Crippen LogP contribution in [0.1, 0.15) is 0 Å². The number of nitrogens with zero attached hydrogens (tertiary/aromatic N) is 4. The molecule has 122 valence electrons. The molecule has 0 aliphatic carbocycles. The van der Waals surface area contributed by atoms with Gasteiger partial charge in [-0.3, -0.25) is 9.69 Å². The van der Waals surface area contributed by atoms with Gasteiger partial charge in [-0.05, 0) is 25.2 Å². The molecule has 23 heavy (non-hydrogen) atoms. The van der Waals surface area contributed by atoms with E-state index in [1.165, 1.54) is 0 Å². The van der Waals surface area contributed by atoms with E-state index in [9.17, 15) is 9.90 Å². The Morgan fingerprint density at radius 3 is 2.83 bits per heavy atom. The normalized spacial score (nSPS) is 17.3. The first kappa shape index (κ1) is 16.1. The lowest BCUT2D eigenvalue weighted by molar-refractivity contribution is -0.119. The van der Waals surface area contributed by atoms with E-state index in [0.717, 1.165) is 36.2 Å². The van der Waals surface area contributed by atoms with Crippen LogP contribution in [-0.2, 0) is 4.79 Å². The molecule has 0 atom stereocenters. The van der Waals surface area contributed by atoms with Crippen molar-refractivity contribution < 1.29 is 9.90 Å². The molecular weight excluding hydrogens is 362 g/mol.